The number of hydrogen-bond donors (Lipinski definition) is 0. The first-order valence-electron chi connectivity index (χ1n) is 5.01. The normalized spacial score (nSPS) is 27.9. The average Bonchev–Trinajstić information content (AvgIpc) is 2.56. The molecule has 0 N–H and O–H groups in total. The number of halogens is 1. The monoisotopic (exact) mass is 274 g/mol. The summed E-state index contributed by atoms with van der Waals surface area (Å²) in [5, 5.41) is 2.27. The Balaban J connectivity index is 1.95. The first kappa shape index (κ1) is 10.7. The predicted octanol–water partition coefficient (Wildman–Crippen LogP) is 3.40. The third-order valence-corrected chi connectivity index (χ3v) is 4.78. The molecule has 1 aromatic heterocycles. The lowest BCUT2D eigenvalue weighted by atomic mass is 9.95. The molecule has 3 heteroatoms. The van der Waals surface area contributed by atoms with Crippen molar-refractivity contribution < 1.29 is 4.74 Å². The van der Waals surface area contributed by atoms with E-state index in [1.54, 1.807) is 0 Å². The standard InChI is InChI=1S/C11H15BrOS/c1-8-4-9(7-14-8)5-10-6-13-3-2-11(10)12/h4,7,10-11H,2-3,5-6H2,1H3. The van der Waals surface area contributed by atoms with E-state index in [4.69, 9.17) is 4.74 Å². The highest BCUT2D eigenvalue weighted by Gasteiger charge is 2.23. The van der Waals surface area contributed by atoms with Crippen molar-refractivity contribution in [3.8, 4) is 0 Å². The molecule has 78 valence electrons. The minimum atomic E-state index is 0.636. The molecule has 1 aliphatic heterocycles. The molecule has 0 aliphatic carbocycles. The Labute approximate surface area is 97.6 Å². The van der Waals surface area contributed by atoms with E-state index in [2.05, 4.69) is 34.3 Å². The van der Waals surface area contributed by atoms with Gasteiger partial charge in [0.15, 0.2) is 0 Å². The van der Waals surface area contributed by atoms with Gasteiger partial charge in [-0.15, -0.1) is 11.3 Å². The van der Waals surface area contributed by atoms with Crippen molar-refractivity contribution >= 4 is 27.3 Å². The van der Waals surface area contributed by atoms with E-state index < -0.39 is 0 Å². The van der Waals surface area contributed by atoms with Gasteiger partial charge in [0.25, 0.3) is 0 Å². The van der Waals surface area contributed by atoms with E-state index in [-0.39, 0.29) is 0 Å². The van der Waals surface area contributed by atoms with Crippen molar-refractivity contribution in [3.05, 3.63) is 21.9 Å². The van der Waals surface area contributed by atoms with Gasteiger partial charge in [-0.25, -0.2) is 0 Å². The van der Waals surface area contributed by atoms with E-state index >= 15 is 0 Å². The van der Waals surface area contributed by atoms with E-state index in [0.717, 1.165) is 26.1 Å². The lowest BCUT2D eigenvalue weighted by molar-refractivity contribution is 0.0606. The molecule has 0 bridgehead atoms. The molecule has 0 spiro atoms. The molecule has 1 aliphatic rings. The van der Waals surface area contributed by atoms with Gasteiger partial charge < -0.3 is 4.74 Å². The van der Waals surface area contributed by atoms with Crippen LogP contribution < -0.4 is 0 Å². The zero-order valence-corrected chi connectivity index (χ0v) is 10.7. The van der Waals surface area contributed by atoms with Gasteiger partial charge in [0.1, 0.15) is 0 Å². The Bertz CT molecular complexity index is 297. The molecule has 1 saturated heterocycles. The second kappa shape index (κ2) is 4.77. The van der Waals surface area contributed by atoms with Crippen molar-refractivity contribution in [1.29, 1.82) is 0 Å². The summed E-state index contributed by atoms with van der Waals surface area (Å²) in [6.45, 7) is 3.98. The third kappa shape index (κ3) is 2.59. The average molecular weight is 275 g/mol. The van der Waals surface area contributed by atoms with Gasteiger partial charge in [-0.1, -0.05) is 15.9 Å². The summed E-state index contributed by atoms with van der Waals surface area (Å²) in [4.78, 5) is 2.04. The van der Waals surface area contributed by atoms with Crippen LogP contribution in [0.3, 0.4) is 0 Å². The van der Waals surface area contributed by atoms with Gasteiger partial charge in [-0.05, 0) is 42.7 Å². The van der Waals surface area contributed by atoms with E-state index in [9.17, 15) is 0 Å². The summed E-state index contributed by atoms with van der Waals surface area (Å²) in [7, 11) is 0. The number of hydrogen-bond acceptors (Lipinski definition) is 2. The molecule has 2 unspecified atom stereocenters. The minimum Gasteiger partial charge on any atom is -0.381 e. The van der Waals surface area contributed by atoms with Crippen LogP contribution in [0.5, 0.6) is 0 Å². The fourth-order valence-corrected chi connectivity index (χ4v) is 3.11. The molecule has 14 heavy (non-hydrogen) atoms. The topological polar surface area (TPSA) is 9.23 Å². The lowest BCUT2D eigenvalue weighted by Gasteiger charge is -2.27. The quantitative estimate of drug-likeness (QED) is 0.752. The van der Waals surface area contributed by atoms with Crippen LogP contribution in [-0.4, -0.2) is 18.0 Å². The summed E-state index contributed by atoms with van der Waals surface area (Å²) in [5.74, 6) is 0.651. The summed E-state index contributed by atoms with van der Waals surface area (Å²) in [6, 6.07) is 2.29. The zero-order chi connectivity index (χ0) is 9.97. The highest BCUT2D eigenvalue weighted by atomic mass is 79.9. The number of rotatable bonds is 2. The van der Waals surface area contributed by atoms with Crippen LogP contribution >= 0.6 is 27.3 Å². The summed E-state index contributed by atoms with van der Waals surface area (Å²) in [6.07, 6.45) is 2.30. The van der Waals surface area contributed by atoms with Crippen molar-refractivity contribution in [2.75, 3.05) is 13.2 Å². The van der Waals surface area contributed by atoms with Gasteiger partial charge in [0.2, 0.25) is 0 Å². The largest absolute Gasteiger partial charge is 0.381 e. The number of ether oxygens (including phenoxy) is 1. The van der Waals surface area contributed by atoms with Crippen molar-refractivity contribution in [3.63, 3.8) is 0 Å². The lowest BCUT2D eigenvalue weighted by Crippen LogP contribution is -2.29. The van der Waals surface area contributed by atoms with Gasteiger partial charge in [-0.3, -0.25) is 0 Å². The molecule has 0 saturated carbocycles. The minimum absolute atomic E-state index is 0.636. The van der Waals surface area contributed by atoms with Gasteiger partial charge in [-0.2, -0.15) is 0 Å². The van der Waals surface area contributed by atoms with Crippen LogP contribution in [-0.2, 0) is 11.2 Å². The molecule has 2 heterocycles. The summed E-state index contributed by atoms with van der Waals surface area (Å²) < 4.78 is 5.50. The van der Waals surface area contributed by atoms with Crippen LogP contribution in [0.4, 0.5) is 0 Å². The van der Waals surface area contributed by atoms with E-state index in [0.29, 0.717) is 10.7 Å². The highest BCUT2D eigenvalue weighted by Crippen LogP contribution is 2.27. The van der Waals surface area contributed by atoms with Crippen LogP contribution in [0.1, 0.15) is 16.9 Å². The second-order valence-corrected chi connectivity index (χ2v) is 6.20. The first-order chi connectivity index (χ1) is 6.75. The maximum Gasteiger partial charge on any atom is 0.0508 e. The molecule has 0 radical (unpaired) electrons. The molecule has 2 rings (SSSR count). The SMILES string of the molecule is Cc1cc(CC2COCCC2Br)cs1. The Morgan fingerprint density at radius 2 is 2.50 bits per heavy atom. The molecule has 1 nitrogen and oxygen atoms in total. The van der Waals surface area contributed by atoms with Crippen molar-refractivity contribution in [1.82, 2.24) is 0 Å². The zero-order valence-electron chi connectivity index (χ0n) is 8.33. The fourth-order valence-electron chi connectivity index (χ4n) is 1.87. The summed E-state index contributed by atoms with van der Waals surface area (Å²) >= 11 is 5.58. The highest BCUT2D eigenvalue weighted by molar-refractivity contribution is 9.09. The third-order valence-electron chi connectivity index (χ3n) is 2.66. The Morgan fingerprint density at radius 3 is 3.14 bits per heavy atom. The van der Waals surface area contributed by atoms with Crippen molar-refractivity contribution in [2.45, 2.75) is 24.6 Å². The van der Waals surface area contributed by atoms with Crippen LogP contribution in [0, 0.1) is 12.8 Å². The molecule has 0 amide bonds. The maximum absolute atomic E-state index is 5.50. The predicted molar refractivity (Wildman–Crippen MR) is 64.4 cm³/mol. The smallest absolute Gasteiger partial charge is 0.0508 e. The van der Waals surface area contributed by atoms with Gasteiger partial charge in [0, 0.05) is 16.3 Å². The molecule has 2 atom stereocenters. The molecule has 1 aromatic rings. The van der Waals surface area contributed by atoms with E-state index in [1.165, 1.54) is 10.4 Å². The van der Waals surface area contributed by atoms with Crippen LogP contribution in [0.2, 0.25) is 0 Å². The molecular formula is C11H15BrOS. The Kier molecular flexibility index (Phi) is 3.63. The van der Waals surface area contributed by atoms with Crippen molar-refractivity contribution in [2.24, 2.45) is 5.92 Å². The summed E-state index contributed by atoms with van der Waals surface area (Å²) in [5.41, 5.74) is 1.47. The first-order valence-corrected chi connectivity index (χ1v) is 6.81. The maximum atomic E-state index is 5.50. The van der Waals surface area contributed by atoms with Gasteiger partial charge >= 0.3 is 0 Å². The molecule has 0 aromatic carbocycles. The number of thiophene rings is 1. The van der Waals surface area contributed by atoms with E-state index in [1.807, 2.05) is 11.3 Å². The molecular weight excluding hydrogens is 260 g/mol. The van der Waals surface area contributed by atoms with Crippen LogP contribution in [0.25, 0.3) is 0 Å². The molecule has 1 fully saturated rings. The number of alkyl halides is 1. The fraction of sp³-hybridized carbons (Fsp3) is 0.636. The van der Waals surface area contributed by atoms with Crippen LogP contribution in [0.15, 0.2) is 11.4 Å². The Morgan fingerprint density at radius 1 is 1.64 bits per heavy atom. The number of aryl methyl sites for hydroxylation is 1. The van der Waals surface area contributed by atoms with Gasteiger partial charge in [0.05, 0.1) is 6.61 Å². The Hall–Kier alpha value is 0.140. The second-order valence-electron chi connectivity index (χ2n) is 3.91.